The molecule has 0 aromatic carbocycles. The van der Waals surface area contributed by atoms with Gasteiger partial charge < -0.3 is 35.4 Å². The maximum Gasteiger partial charge on any atom is 4.00 e. The monoisotopic (exact) mass is 1160 g/mol. The van der Waals surface area contributed by atoms with Crippen molar-refractivity contribution in [1.29, 1.82) is 0 Å². The molecule has 0 saturated carbocycles. The summed E-state index contributed by atoms with van der Waals surface area (Å²) in [5.74, 6) is 0. The minimum absolute atomic E-state index is 0. The molecule has 0 unspecified atom stereocenters. The molecule has 464 valence electrons. The van der Waals surface area contributed by atoms with Gasteiger partial charge in [0.25, 0.3) is 0 Å². The van der Waals surface area contributed by atoms with Gasteiger partial charge in [0.15, 0.2) is 0 Å². The van der Waals surface area contributed by atoms with Crippen LogP contribution in [0.4, 0.5) is 0 Å². The van der Waals surface area contributed by atoms with Gasteiger partial charge in [0.05, 0.1) is 0 Å². The first-order chi connectivity index (χ1) is 36.8. The molecule has 0 saturated heterocycles. The zero-order valence-corrected chi connectivity index (χ0v) is 57.3. The molecular weight excluding hydrogens is 1010 g/mol. The van der Waals surface area contributed by atoms with Crippen LogP contribution in [-0.2, 0) is 21.7 Å². The van der Waals surface area contributed by atoms with Crippen molar-refractivity contribution in [2.45, 2.75) is 439 Å². The summed E-state index contributed by atoms with van der Waals surface area (Å²) in [5, 5.41) is 9.56. The Labute approximate surface area is 518 Å². The topological polar surface area (TPSA) is 28.2 Å². The van der Waals surface area contributed by atoms with E-state index in [0.717, 1.165) is 26.2 Å². The second-order valence-corrected chi connectivity index (χ2v) is 24.6. The first kappa shape index (κ1) is 87.0. The van der Waals surface area contributed by atoms with Crippen molar-refractivity contribution < 1.29 is 46.5 Å². The van der Waals surface area contributed by atoms with E-state index in [-0.39, 0.29) is 46.5 Å². The molecule has 0 aliphatic carbocycles. The fraction of sp³-hybridized carbons (Fsp3) is 1.00. The Bertz CT molecular complexity index is 754. The van der Waals surface area contributed by atoms with Crippen molar-refractivity contribution in [2.24, 2.45) is 0 Å². The van der Waals surface area contributed by atoms with Crippen molar-refractivity contribution in [1.82, 2.24) is 0 Å². The van der Waals surface area contributed by atoms with Crippen LogP contribution >= 0.6 is 0 Å². The van der Waals surface area contributed by atoms with Crippen LogP contribution in [0.2, 0.25) is 0 Å². The van der Waals surface area contributed by atoms with E-state index in [0.29, 0.717) is 0 Å². The SMILES string of the molecule is CCCCCCCCCCCCCCCCCC[N-]CCCCCCCCCCCCCCCCCC.CCCCCCCCCCCCCCCCCC[N-]CCCCCCCCCCCCCCCCCC.[Cl-].[Cl-].[Ti+4]. The van der Waals surface area contributed by atoms with Crippen LogP contribution in [0.25, 0.3) is 10.6 Å². The quantitative estimate of drug-likeness (QED) is 0.0429. The normalized spacial score (nSPS) is 11.1. The number of rotatable bonds is 68. The molecule has 0 N–H and O–H groups in total. The molecule has 77 heavy (non-hydrogen) atoms. The first-order valence-electron chi connectivity index (χ1n) is 36.1. The summed E-state index contributed by atoms with van der Waals surface area (Å²) in [6.45, 7) is 13.7. The van der Waals surface area contributed by atoms with Crippen LogP contribution in [0, 0.1) is 0 Å². The number of hydrogen-bond donors (Lipinski definition) is 0. The van der Waals surface area contributed by atoms with Crippen LogP contribution in [0.3, 0.4) is 0 Å². The summed E-state index contributed by atoms with van der Waals surface area (Å²) in [6, 6.07) is 0. The maximum absolute atomic E-state index is 4.78. The Hall–Kier alpha value is 1.21. The Morgan fingerprint density at radius 2 is 0.208 bits per heavy atom. The van der Waals surface area contributed by atoms with E-state index < -0.39 is 0 Å². The van der Waals surface area contributed by atoms with Crippen LogP contribution < -0.4 is 24.8 Å². The summed E-state index contributed by atoms with van der Waals surface area (Å²) in [6.07, 6.45) is 92.7. The van der Waals surface area contributed by atoms with E-state index in [1.54, 1.807) is 0 Å². The van der Waals surface area contributed by atoms with E-state index in [2.05, 4.69) is 27.7 Å². The zero-order chi connectivity index (χ0) is 53.5. The maximum atomic E-state index is 4.78. The van der Waals surface area contributed by atoms with Crippen LogP contribution in [-0.4, -0.2) is 26.2 Å². The minimum atomic E-state index is 0. The molecule has 2 nitrogen and oxygen atoms in total. The van der Waals surface area contributed by atoms with Gasteiger partial charge in [-0.15, -0.1) is 26.2 Å². The summed E-state index contributed by atoms with van der Waals surface area (Å²) in [4.78, 5) is 0. The largest absolute Gasteiger partial charge is 4.00 e. The van der Waals surface area contributed by atoms with Crippen LogP contribution in [0.15, 0.2) is 0 Å². The van der Waals surface area contributed by atoms with Crippen molar-refractivity contribution >= 4 is 0 Å². The summed E-state index contributed by atoms with van der Waals surface area (Å²) in [7, 11) is 0. The van der Waals surface area contributed by atoms with Gasteiger partial charge in [0.2, 0.25) is 0 Å². The molecule has 0 aliphatic rings. The molecule has 0 atom stereocenters. The van der Waals surface area contributed by atoms with E-state index in [4.69, 9.17) is 10.6 Å². The Morgan fingerprint density at radius 3 is 0.299 bits per heavy atom. The van der Waals surface area contributed by atoms with Gasteiger partial charge in [-0.25, -0.2) is 0 Å². The molecule has 0 amide bonds. The second kappa shape index (κ2) is 88.4. The Morgan fingerprint density at radius 1 is 0.130 bits per heavy atom. The van der Waals surface area contributed by atoms with Gasteiger partial charge >= 0.3 is 21.7 Å². The molecule has 0 aromatic rings. The number of nitrogens with zero attached hydrogens (tertiary/aromatic N) is 2. The van der Waals surface area contributed by atoms with Gasteiger partial charge in [-0.2, -0.15) is 0 Å². The fourth-order valence-electron chi connectivity index (χ4n) is 11.3. The van der Waals surface area contributed by atoms with Crippen molar-refractivity contribution in [3.05, 3.63) is 10.6 Å². The number of unbranched alkanes of at least 4 members (excludes halogenated alkanes) is 60. The van der Waals surface area contributed by atoms with Gasteiger partial charge in [-0.05, 0) is 0 Å². The van der Waals surface area contributed by atoms with E-state index in [9.17, 15) is 0 Å². The number of hydrogen-bond acceptors (Lipinski definition) is 0. The van der Waals surface area contributed by atoms with Crippen LogP contribution in [0.1, 0.15) is 439 Å². The third-order valence-electron chi connectivity index (χ3n) is 16.7. The van der Waals surface area contributed by atoms with E-state index in [1.807, 2.05) is 0 Å². The Kier molecular flexibility index (Phi) is 99.9. The predicted octanol–water partition coefficient (Wildman–Crippen LogP) is 21.8. The average molecular weight is 1160 g/mol. The third kappa shape index (κ3) is 91.2. The van der Waals surface area contributed by atoms with Crippen molar-refractivity contribution in [3.63, 3.8) is 0 Å². The average Bonchev–Trinajstić information content (AvgIpc) is 3.41. The molecule has 0 aromatic heterocycles. The zero-order valence-electron chi connectivity index (χ0n) is 54.2. The van der Waals surface area contributed by atoms with E-state index >= 15 is 0 Å². The van der Waals surface area contributed by atoms with Gasteiger partial charge in [-0.1, -0.05) is 439 Å². The standard InChI is InChI=1S/2C36H74N.2ClH.Ti/c2*1-3-5-7-9-11-13-15-17-19-21-23-25-27-29-31-33-35-37-36-34-32-30-28-26-24-22-20-18-16-14-12-10-8-6-4-2;;;/h2*3-36H2,1-2H3;2*1H;/q2*-1;;;+4/p-2. The fourth-order valence-corrected chi connectivity index (χ4v) is 11.3. The molecule has 0 fully saturated rings. The minimum Gasteiger partial charge on any atom is -1.00 e. The molecular formula is C72H148Cl2N2Ti. The Balaban J connectivity index is -0.000000432. The molecule has 0 spiro atoms. The van der Waals surface area contributed by atoms with Crippen molar-refractivity contribution in [3.8, 4) is 0 Å². The first-order valence-corrected chi connectivity index (χ1v) is 36.1. The van der Waals surface area contributed by atoms with Gasteiger partial charge in [0.1, 0.15) is 0 Å². The molecule has 5 heteroatoms. The van der Waals surface area contributed by atoms with Crippen molar-refractivity contribution in [2.75, 3.05) is 26.2 Å². The van der Waals surface area contributed by atoms with Gasteiger partial charge in [-0.3, -0.25) is 0 Å². The second-order valence-electron chi connectivity index (χ2n) is 24.6. The molecule has 0 rings (SSSR count). The molecule has 0 radical (unpaired) electrons. The van der Waals surface area contributed by atoms with Gasteiger partial charge in [0, 0.05) is 0 Å². The molecule has 0 bridgehead atoms. The van der Waals surface area contributed by atoms with Crippen LogP contribution in [0.5, 0.6) is 0 Å². The third-order valence-corrected chi connectivity index (χ3v) is 16.7. The summed E-state index contributed by atoms with van der Waals surface area (Å²) >= 11 is 0. The summed E-state index contributed by atoms with van der Waals surface area (Å²) < 4.78 is 0. The predicted molar refractivity (Wildman–Crippen MR) is 344 cm³/mol. The smallest absolute Gasteiger partial charge is 1.00 e. The van der Waals surface area contributed by atoms with E-state index in [1.165, 1.54) is 411 Å². The number of halogens is 2. The summed E-state index contributed by atoms with van der Waals surface area (Å²) in [5.41, 5.74) is 0. The molecule has 0 heterocycles. The molecule has 0 aliphatic heterocycles.